The molecule has 0 unspecified atom stereocenters. The monoisotopic (exact) mass is 435 g/mol. The summed E-state index contributed by atoms with van der Waals surface area (Å²) in [5, 5.41) is 6.10. The van der Waals surface area contributed by atoms with Crippen LogP contribution in [0.15, 0.2) is 42.5 Å². The standard InChI is InChI=1S/C28H41N3O/c1-23-11-17-30(18-12-23)16-5-4-15-29-22-24-13-19-31(20-14-24)28(32)21-26-9-6-8-25-7-2-3-10-27(25)26/h2-3,6-10,23-24,29H,4-5,11-22H2,1H3. The van der Waals surface area contributed by atoms with Crippen LogP contribution in [0.2, 0.25) is 0 Å². The Morgan fingerprint density at radius 1 is 0.938 bits per heavy atom. The van der Waals surface area contributed by atoms with Gasteiger partial charge >= 0.3 is 0 Å². The van der Waals surface area contributed by atoms with Crippen molar-refractivity contribution in [2.75, 3.05) is 45.8 Å². The normalized spacial score (nSPS) is 19.0. The highest BCUT2D eigenvalue weighted by Crippen LogP contribution is 2.22. The van der Waals surface area contributed by atoms with Gasteiger partial charge in [-0.25, -0.2) is 0 Å². The average Bonchev–Trinajstić information content (AvgIpc) is 2.83. The highest BCUT2D eigenvalue weighted by molar-refractivity contribution is 5.90. The quantitative estimate of drug-likeness (QED) is 0.579. The van der Waals surface area contributed by atoms with Crippen LogP contribution in [0.4, 0.5) is 0 Å². The van der Waals surface area contributed by atoms with Crippen molar-refractivity contribution in [1.29, 1.82) is 0 Å². The maximum Gasteiger partial charge on any atom is 0.227 e. The molecule has 1 N–H and O–H groups in total. The molecule has 32 heavy (non-hydrogen) atoms. The maximum absolute atomic E-state index is 12.9. The van der Waals surface area contributed by atoms with Gasteiger partial charge in [0.25, 0.3) is 0 Å². The van der Waals surface area contributed by atoms with E-state index in [-0.39, 0.29) is 5.91 Å². The number of hydrogen-bond donors (Lipinski definition) is 1. The Balaban J connectivity index is 1.10. The Hall–Kier alpha value is -1.91. The van der Waals surface area contributed by atoms with Crippen LogP contribution in [0.3, 0.4) is 0 Å². The number of hydrogen-bond acceptors (Lipinski definition) is 3. The molecule has 0 spiro atoms. The number of rotatable bonds is 9. The highest BCUT2D eigenvalue weighted by Gasteiger charge is 2.23. The molecule has 4 nitrogen and oxygen atoms in total. The molecular formula is C28H41N3O. The summed E-state index contributed by atoms with van der Waals surface area (Å²) in [6.45, 7) is 10.3. The van der Waals surface area contributed by atoms with Crippen LogP contribution >= 0.6 is 0 Å². The van der Waals surface area contributed by atoms with Crippen molar-refractivity contribution >= 4 is 16.7 Å². The fraction of sp³-hybridized carbons (Fsp3) is 0.607. The number of carbonyl (C=O) groups is 1. The van der Waals surface area contributed by atoms with E-state index >= 15 is 0 Å². The third-order valence-electron chi connectivity index (χ3n) is 7.58. The van der Waals surface area contributed by atoms with Gasteiger partial charge in [0.1, 0.15) is 0 Å². The number of fused-ring (bicyclic) bond motifs is 1. The zero-order valence-electron chi connectivity index (χ0n) is 19.9. The summed E-state index contributed by atoms with van der Waals surface area (Å²) in [7, 11) is 0. The Labute approximate surface area is 194 Å². The van der Waals surface area contributed by atoms with Crippen LogP contribution in [0.5, 0.6) is 0 Å². The maximum atomic E-state index is 12.9. The fourth-order valence-electron chi connectivity index (χ4n) is 5.29. The second kappa shape index (κ2) is 11.8. The number of nitrogens with one attached hydrogen (secondary N) is 1. The molecule has 2 heterocycles. The molecule has 2 fully saturated rings. The van der Waals surface area contributed by atoms with Gasteiger partial charge in [-0.3, -0.25) is 4.79 Å². The van der Waals surface area contributed by atoms with E-state index in [4.69, 9.17) is 0 Å². The molecule has 4 rings (SSSR count). The number of benzene rings is 2. The lowest BCUT2D eigenvalue weighted by Crippen LogP contribution is -2.41. The van der Waals surface area contributed by atoms with Gasteiger partial charge in [0, 0.05) is 13.1 Å². The number of carbonyl (C=O) groups excluding carboxylic acids is 1. The lowest BCUT2D eigenvalue weighted by Gasteiger charge is -2.32. The molecule has 2 aromatic carbocycles. The van der Waals surface area contributed by atoms with Crippen molar-refractivity contribution in [3.05, 3.63) is 48.0 Å². The summed E-state index contributed by atoms with van der Waals surface area (Å²) in [4.78, 5) is 17.6. The predicted molar refractivity (Wildman–Crippen MR) is 134 cm³/mol. The van der Waals surface area contributed by atoms with Crippen molar-refractivity contribution in [2.45, 2.75) is 51.9 Å². The number of piperidine rings is 2. The molecule has 1 amide bonds. The topological polar surface area (TPSA) is 35.6 Å². The predicted octanol–water partition coefficient (Wildman–Crippen LogP) is 4.72. The van der Waals surface area contributed by atoms with Crippen LogP contribution < -0.4 is 5.32 Å². The van der Waals surface area contributed by atoms with E-state index in [0.717, 1.165) is 50.5 Å². The number of amides is 1. The van der Waals surface area contributed by atoms with Crippen LogP contribution in [0, 0.1) is 11.8 Å². The lowest BCUT2D eigenvalue weighted by atomic mass is 9.95. The lowest BCUT2D eigenvalue weighted by molar-refractivity contribution is -0.131. The summed E-state index contributed by atoms with van der Waals surface area (Å²) >= 11 is 0. The Kier molecular flexibility index (Phi) is 8.58. The van der Waals surface area contributed by atoms with Crippen molar-refractivity contribution in [3.63, 3.8) is 0 Å². The minimum Gasteiger partial charge on any atom is -0.342 e. The zero-order valence-corrected chi connectivity index (χ0v) is 19.9. The average molecular weight is 436 g/mol. The molecule has 4 heteroatoms. The highest BCUT2D eigenvalue weighted by atomic mass is 16.2. The Morgan fingerprint density at radius 3 is 2.50 bits per heavy atom. The SMILES string of the molecule is CC1CCN(CCCCNCC2CCN(C(=O)Cc3cccc4ccccc34)CC2)CC1. The summed E-state index contributed by atoms with van der Waals surface area (Å²) < 4.78 is 0. The van der Waals surface area contributed by atoms with Gasteiger partial charge in [-0.2, -0.15) is 0 Å². The molecule has 2 aromatic rings. The molecular weight excluding hydrogens is 394 g/mol. The smallest absolute Gasteiger partial charge is 0.227 e. The van der Waals surface area contributed by atoms with E-state index in [1.54, 1.807) is 0 Å². The first-order valence-electron chi connectivity index (χ1n) is 12.9. The second-order valence-corrected chi connectivity index (χ2v) is 10.1. The molecule has 0 aliphatic carbocycles. The van der Waals surface area contributed by atoms with Crippen molar-refractivity contribution in [1.82, 2.24) is 15.1 Å². The van der Waals surface area contributed by atoms with Crippen molar-refractivity contribution in [2.24, 2.45) is 11.8 Å². The van der Waals surface area contributed by atoms with Crippen LogP contribution in [-0.4, -0.2) is 61.5 Å². The summed E-state index contributed by atoms with van der Waals surface area (Å²) in [6, 6.07) is 14.7. The molecule has 0 aromatic heterocycles. The molecule has 0 saturated carbocycles. The van der Waals surface area contributed by atoms with E-state index in [1.165, 1.54) is 56.1 Å². The van der Waals surface area contributed by atoms with E-state index in [9.17, 15) is 4.79 Å². The van der Waals surface area contributed by atoms with E-state index < -0.39 is 0 Å². The van der Waals surface area contributed by atoms with Crippen LogP contribution in [0.1, 0.15) is 51.0 Å². The summed E-state index contributed by atoms with van der Waals surface area (Å²) in [5.74, 6) is 1.91. The molecule has 2 aliphatic heterocycles. The van der Waals surface area contributed by atoms with Gasteiger partial charge in [-0.15, -0.1) is 0 Å². The molecule has 2 saturated heterocycles. The van der Waals surface area contributed by atoms with Gasteiger partial charge in [0.2, 0.25) is 5.91 Å². The Bertz CT molecular complexity index is 845. The minimum atomic E-state index is 0.278. The molecule has 174 valence electrons. The largest absolute Gasteiger partial charge is 0.342 e. The van der Waals surface area contributed by atoms with E-state index in [0.29, 0.717) is 12.3 Å². The van der Waals surface area contributed by atoms with Crippen LogP contribution in [0.25, 0.3) is 10.8 Å². The van der Waals surface area contributed by atoms with Gasteiger partial charge in [0.15, 0.2) is 0 Å². The molecule has 0 bridgehead atoms. The number of likely N-dealkylation sites (tertiary alicyclic amines) is 2. The first-order valence-corrected chi connectivity index (χ1v) is 12.9. The summed E-state index contributed by atoms with van der Waals surface area (Å²) in [6.07, 6.45) is 8.10. The third kappa shape index (κ3) is 6.55. The molecule has 2 aliphatic rings. The zero-order chi connectivity index (χ0) is 22.2. The van der Waals surface area contributed by atoms with Gasteiger partial charge in [0.05, 0.1) is 6.42 Å². The van der Waals surface area contributed by atoms with Gasteiger partial charge < -0.3 is 15.1 Å². The Morgan fingerprint density at radius 2 is 1.69 bits per heavy atom. The van der Waals surface area contributed by atoms with E-state index in [1.807, 2.05) is 0 Å². The second-order valence-electron chi connectivity index (χ2n) is 10.1. The van der Waals surface area contributed by atoms with Crippen molar-refractivity contribution < 1.29 is 4.79 Å². The minimum absolute atomic E-state index is 0.278. The summed E-state index contributed by atoms with van der Waals surface area (Å²) in [5.41, 5.74) is 1.15. The molecule has 0 atom stereocenters. The van der Waals surface area contributed by atoms with E-state index in [2.05, 4.69) is 64.5 Å². The molecule has 0 radical (unpaired) electrons. The van der Waals surface area contributed by atoms with Gasteiger partial charge in [-0.05, 0) is 99.4 Å². The van der Waals surface area contributed by atoms with Gasteiger partial charge in [-0.1, -0.05) is 49.4 Å². The third-order valence-corrected chi connectivity index (χ3v) is 7.58. The van der Waals surface area contributed by atoms with Crippen LogP contribution in [-0.2, 0) is 11.2 Å². The first-order chi connectivity index (χ1) is 15.7. The first kappa shape index (κ1) is 23.3. The number of nitrogens with zero attached hydrogens (tertiary/aromatic N) is 2. The van der Waals surface area contributed by atoms with Crippen molar-refractivity contribution in [3.8, 4) is 0 Å². The number of unbranched alkanes of at least 4 members (excludes halogenated alkanes) is 1. The fourth-order valence-corrected chi connectivity index (χ4v) is 5.29.